The summed E-state index contributed by atoms with van der Waals surface area (Å²) in [6, 6.07) is 14.8. The molecule has 0 aliphatic rings. The highest BCUT2D eigenvalue weighted by molar-refractivity contribution is 6.42. The van der Waals surface area contributed by atoms with Crippen LogP contribution < -0.4 is 10.1 Å². The Hall–Kier alpha value is -2.93. The Morgan fingerprint density at radius 3 is 2.60 bits per heavy atom. The Balaban J connectivity index is 1.40. The van der Waals surface area contributed by atoms with Gasteiger partial charge >= 0.3 is 0 Å². The van der Waals surface area contributed by atoms with Crippen molar-refractivity contribution in [3.63, 3.8) is 0 Å². The highest BCUT2D eigenvalue weighted by Crippen LogP contribution is 2.29. The van der Waals surface area contributed by atoms with Crippen LogP contribution in [0.15, 0.2) is 59.1 Å². The zero-order valence-corrected chi connectivity index (χ0v) is 21.7. The minimum absolute atomic E-state index is 0.132. The van der Waals surface area contributed by atoms with Crippen LogP contribution in [-0.4, -0.2) is 15.7 Å². The molecule has 9 heteroatoms. The molecule has 0 radical (unpaired) electrons. The van der Waals surface area contributed by atoms with Crippen LogP contribution in [0.5, 0.6) is 5.75 Å². The number of benzene rings is 2. The van der Waals surface area contributed by atoms with E-state index in [1.807, 2.05) is 19.1 Å². The van der Waals surface area contributed by atoms with Gasteiger partial charge in [0, 0.05) is 6.20 Å². The molecule has 0 unspecified atom stereocenters. The summed E-state index contributed by atoms with van der Waals surface area (Å²) in [4.78, 5) is 12.7. The zero-order valence-electron chi connectivity index (χ0n) is 19.4. The first-order valence-corrected chi connectivity index (χ1v) is 12.1. The lowest BCUT2D eigenvalue weighted by Crippen LogP contribution is -2.12. The monoisotopic (exact) mass is 531 g/mol. The average molecular weight is 533 g/mol. The van der Waals surface area contributed by atoms with Crippen molar-refractivity contribution < 1.29 is 13.9 Å². The third kappa shape index (κ3) is 6.20. The predicted molar refractivity (Wildman–Crippen MR) is 139 cm³/mol. The molecule has 4 aromatic rings. The number of ether oxygens (including phenoxy) is 1. The first kappa shape index (κ1) is 25.2. The van der Waals surface area contributed by atoms with Crippen LogP contribution in [0.1, 0.15) is 52.8 Å². The van der Waals surface area contributed by atoms with E-state index in [-0.39, 0.29) is 18.2 Å². The second-order valence-corrected chi connectivity index (χ2v) is 9.70. The summed E-state index contributed by atoms with van der Waals surface area (Å²) < 4.78 is 13.3. The van der Waals surface area contributed by atoms with Crippen LogP contribution in [0.2, 0.25) is 15.1 Å². The second-order valence-electron chi connectivity index (χ2n) is 8.48. The van der Waals surface area contributed by atoms with Gasteiger partial charge in [0.25, 0.3) is 5.91 Å². The van der Waals surface area contributed by atoms with Crippen LogP contribution in [0.4, 0.5) is 5.82 Å². The Bertz CT molecular complexity index is 1360. The molecule has 1 amide bonds. The van der Waals surface area contributed by atoms with Crippen molar-refractivity contribution in [2.24, 2.45) is 0 Å². The molecule has 2 aromatic carbocycles. The Morgan fingerprint density at radius 2 is 1.86 bits per heavy atom. The number of nitrogens with one attached hydrogen (secondary N) is 1. The van der Waals surface area contributed by atoms with E-state index in [1.54, 1.807) is 35.1 Å². The van der Waals surface area contributed by atoms with E-state index in [4.69, 9.17) is 44.0 Å². The molecular formula is C26H24Cl3N3O3. The van der Waals surface area contributed by atoms with E-state index in [2.05, 4.69) is 36.4 Å². The minimum Gasteiger partial charge on any atom is -0.485 e. The first-order chi connectivity index (χ1) is 16.7. The van der Waals surface area contributed by atoms with Crippen LogP contribution in [0.25, 0.3) is 0 Å². The standard InChI is InChI=1S/C26H24Cl3N3O3/c1-15(2)19-7-4-16(3)10-24(19)34-14-18-6-9-23(35-18)26(33)30-25-22(29)13-32(31-25)12-17-5-8-20(27)21(28)11-17/h4-11,13,15H,12,14H2,1-3H3,(H,30,31,33). The highest BCUT2D eigenvalue weighted by atomic mass is 35.5. The van der Waals surface area contributed by atoms with E-state index in [0.29, 0.717) is 33.3 Å². The second kappa shape index (κ2) is 10.8. The van der Waals surface area contributed by atoms with E-state index < -0.39 is 5.91 Å². The highest BCUT2D eigenvalue weighted by Gasteiger charge is 2.17. The number of rotatable bonds is 8. The van der Waals surface area contributed by atoms with Crippen molar-refractivity contribution in [1.82, 2.24) is 9.78 Å². The number of aryl methyl sites for hydroxylation is 1. The number of hydrogen-bond donors (Lipinski definition) is 1. The maximum atomic E-state index is 12.7. The van der Waals surface area contributed by atoms with E-state index in [1.165, 1.54) is 0 Å². The van der Waals surface area contributed by atoms with Crippen LogP contribution >= 0.6 is 34.8 Å². The molecular weight excluding hydrogens is 509 g/mol. The van der Waals surface area contributed by atoms with Gasteiger partial charge in [0.1, 0.15) is 23.1 Å². The van der Waals surface area contributed by atoms with Gasteiger partial charge < -0.3 is 14.5 Å². The van der Waals surface area contributed by atoms with Gasteiger partial charge in [-0.15, -0.1) is 0 Å². The number of carbonyl (C=O) groups is 1. The van der Waals surface area contributed by atoms with Gasteiger partial charge in [-0.25, -0.2) is 0 Å². The number of hydrogen-bond acceptors (Lipinski definition) is 4. The summed E-state index contributed by atoms with van der Waals surface area (Å²) >= 11 is 18.3. The van der Waals surface area contributed by atoms with Gasteiger partial charge in [-0.3, -0.25) is 9.48 Å². The van der Waals surface area contributed by atoms with Gasteiger partial charge in [-0.2, -0.15) is 5.10 Å². The molecule has 35 heavy (non-hydrogen) atoms. The molecule has 0 spiro atoms. The van der Waals surface area contributed by atoms with E-state index >= 15 is 0 Å². The fourth-order valence-corrected chi connectivity index (χ4v) is 4.05. The molecule has 0 saturated carbocycles. The minimum atomic E-state index is -0.462. The van der Waals surface area contributed by atoms with Crippen LogP contribution in [0.3, 0.4) is 0 Å². The summed E-state index contributed by atoms with van der Waals surface area (Å²) in [5.41, 5.74) is 3.12. The quantitative estimate of drug-likeness (QED) is 0.252. The fraction of sp³-hybridized carbons (Fsp3) is 0.231. The molecule has 4 rings (SSSR count). The first-order valence-electron chi connectivity index (χ1n) is 11.0. The number of aromatic nitrogens is 2. The normalized spacial score (nSPS) is 11.2. The Kier molecular flexibility index (Phi) is 7.75. The molecule has 1 N–H and O–H groups in total. The molecule has 2 heterocycles. The number of nitrogens with zero attached hydrogens (tertiary/aromatic N) is 2. The number of anilines is 1. The summed E-state index contributed by atoms with van der Waals surface area (Å²) in [7, 11) is 0. The van der Waals surface area contributed by atoms with Crippen molar-refractivity contribution >= 4 is 46.5 Å². The lowest BCUT2D eigenvalue weighted by molar-refractivity contribution is 0.0992. The maximum Gasteiger partial charge on any atom is 0.292 e. The molecule has 182 valence electrons. The van der Waals surface area contributed by atoms with Gasteiger partial charge in [0.2, 0.25) is 0 Å². The summed E-state index contributed by atoms with van der Waals surface area (Å²) in [5.74, 6) is 1.56. The third-order valence-corrected chi connectivity index (χ3v) is 6.34. The number of halogens is 3. The molecule has 0 fully saturated rings. The fourth-order valence-electron chi connectivity index (χ4n) is 3.53. The molecule has 2 aromatic heterocycles. The number of carbonyl (C=O) groups excluding carboxylic acids is 1. The maximum absolute atomic E-state index is 12.7. The summed E-state index contributed by atoms with van der Waals surface area (Å²) in [6.45, 7) is 6.86. The van der Waals surface area contributed by atoms with Gasteiger partial charge in [-0.1, -0.05) is 66.8 Å². The SMILES string of the molecule is Cc1ccc(C(C)C)c(OCc2ccc(C(=O)Nc3nn(Cc4ccc(Cl)c(Cl)c4)cc3Cl)o2)c1. The van der Waals surface area contributed by atoms with Crippen molar-refractivity contribution in [2.45, 2.75) is 39.8 Å². The van der Waals surface area contributed by atoms with E-state index in [9.17, 15) is 4.79 Å². The lowest BCUT2D eigenvalue weighted by Gasteiger charge is -2.14. The largest absolute Gasteiger partial charge is 0.485 e. The van der Waals surface area contributed by atoms with Gasteiger partial charge in [0.05, 0.1) is 16.6 Å². The van der Waals surface area contributed by atoms with Crippen LogP contribution in [0, 0.1) is 6.92 Å². The molecule has 0 atom stereocenters. The molecule has 0 aliphatic heterocycles. The van der Waals surface area contributed by atoms with Gasteiger partial charge in [0.15, 0.2) is 11.6 Å². The molecule has 0 bridgehead atoms. The third-order valence-electron chi connectivity index (χ3n) is 5.32. The molecule has 0 saturated heterocycles. The summed E-state index contributed by atoms with van der Waals surface area (Å²) in [6.07, 6.45) is 1.62. The lowest BCUT2D eigenvalue weighted by atomic mass is 10.0. The Morgan fingerprint density at radius 1 is 1.06 bits per heavy atom. The van der Waals surface area contributed by atoms with Crippen molar-refractivity contribution in [3.05, 3.63) is 98.0 Å². The van der Waals surface area contributed by atoms with Gasteiger partial charge in [-0.05, 0) is 59.9 Å². The zero-order chi connectivity index (χ0) is 25.1. The Labute approximate surface area is 218 Å². The van der Waals surface area contributed by atoms with Crippen molar-refractivity contribution in [3.8, 4) is 5.75 Å². The number of furan rings is 1. The smallest absolute Gasteiger partial charge is 0.292 e. The molecule has 0 aliphatic carbocycles. The molecule has 6 nitrogen and oxygen atoms in total. The van der Waals surface area contributed by atoms with Crippen LogP contribution in [-0.2, 0) is 13.2 Å². The average Bonchev–Trinajstić information content (AvgIpc) is 3.41. The predicted octanol–water partition coefficient (Wildman–Crippen LogP) is 7.75. The van der Waals surface area contributed by atoms with Crippen molar-refractivity contribution in [1.29, 1.82) is 0 Å². The topological polar surface area (TPSA) is 69.3 Å². The number of amides is 1. The van der Waals surface area contributed by atoms with Crippen molar-refractivity contribution in [2.75, 3.05) is 5.32 Å². The summed E-state index contributed by atoms with van der Waals surface area (Å²) in [5, 5.41) is 8.27. The van der Waals surface area contributed by atoms with E-state index in [0.717, 1.165) is 22.4 Å².